The van der Waals surface area contributed by atoms with Crippen LogP contribution in [0, 0.1) is 5.92 Å². The van der Waals surface area contributed by atoms with E-state index in [9.17, 15) is 0 Å². The molecular weight excluding hydrogens is 260 g/mol. The molecule has 1 saturated carbocycles. The molecule has 0 saturated heterocycles. The highest BCUT2D eigenvalue weighted by atomic mass is 32.2. The van der Waals surface area contributed by atoms with Crippen molar-refractivity contribution < 1.29 is 0 Å². The van der Waals surface area contributed by atoms with Gasteiger partial charge in [0.15, 0.2) is 5.17 Å². The summed E-state index contributed by atoms with van der Waals surface area (Å²) in [5, 5.41) is 7.62. The van der Waals surface area contributed by atoms with Gasteiger partial charge in [-0.2, -0.15) is 0 Å². The minimum atomic E-state index is 0.189. The van der Waals surface area contributed by atoms with Gasteiger partial charge in [-0.15, -0.1) is 11.3 Å². The monoisotopic (exact) mass is 280 g/mol. The van der Waals surface area contributed by atoms with Crippen molar-refractivity contribution in [3.63, 3.8) is 0 Å². The van der Waals surface area contributed by atoms with Crippen molar-refractivity contribution >= 4 is 28.3 Å². The number of aliphatic imine (C=N–C) groups is 1. The van der Waals surface area contributed by atoms with Gasteiger partial charge in [0.05, 0.1) is 6.54 Å². The number of thioether (sulfide) groups is 1. The second-order valence-electron chi connectivity index (χ2n) is 5.85. The average Bonchev–Trinajstić information content (AvgIpc) is 2.88. The molecule has 4 heteroatoms. The third-order valence-corrected chi connectivity index (χ3v) is 6.26. The Hall–Kier alpha value is -0.480. The lowest BCUT2D eigenvalue weighted by molar-refractivity contribution is 0.525. The van der Waals surface area contributed by atoms with Crippen molar-refractivity contribution in [3.05, 3.63) is 22.4 Å². The van der Waals surface area contributed by atoms with E-state index < -0.39 is 0 Å². The Morgan fingerprint density at radius 3 is 2.94 bits per heavy atom. The number of nitrogens with one attached hydrogen (secondary N) is 1. The van der Waals surface area contributed by atoms with Gasteiger partial charge in [-0.25, -0.2) is 0 Å². The Bertz CT molecular complexity index is 433. The predicted molar refractivity (Wildman–Crippen MR) is 81.8 cm³/mol. The molecule has 1 aromatic heterocycles. The maximum Gasteiger partial charge on any atom is 0.156 e. The normalized spacial score (nSPS) is 24.1. The topological polar surface area (TPSA) is 24.4 Å². The second kappa shape index (κ2) is 4.89. The fourth-order valence-electron chi connectivity index (χ4n) is 2.25. The Morgan fingerprint density at radius 2 is 2.28 bits per heavy atom. The van der Waals surface area contributed by atoms with Crippen LogP contribution in [0.15, 0.2) is 22.5 Å². The molecule has 0 aromatic carbocycles. The maximum absolute atomic E-state index is 4.63. The average molecular weight is 280 g/mol. The van der Waals surface area contributed by atoms with Gasteiger partial charge in [0.25, 0.3) is 0 Å². The number of rotatable bonds is 4. The van der Waals surface area contributed by atoms with Crippen molar-refractivity contribution in [1.29, 1.82) is 0 Å². The van der Waals surface area contributed by atoms with Gasteiger partial charge < -0.3 is 5.32 Å². The van der Waals surface area contributed by atoms with Gasteiger partial charge in [0.1, 0.15) is 0 Å². The van der Waals surface area contributed by atoms with Crippen molar-refractivity contribution in [3.8, 4) is 0 Å². The first kappa shape index (κ1) is 12.5. The molecule has 1 aromatic rings. The standard InChI is InChI=1S/C14H20N2S2/c1-14(2,12-4-3-7-17-12)9-16-13-15-8-11(18-13)10-5-6-10/h3-4,7,10-11H,5-6,8-9H2,1-2H3,(H,15,16). The first-order valence-electron chi connectivity index (χ1n) is 6.64. The Balaban J connectivity index is 1.52. The molecule has 0 bridgehead atoms. The molecular formula is C14H20N2S2. The zero-order chi connectivity index (χ0) is 12.6. The number of thiophene rings is 1. The number of nitrogens with zero attached hydrogens (tertiary/aromatic N) is 1. The molecule has 1 N–H and O–H groups in total. The minimum absolute atomic E-state index is 0.189. The van der Waals surface area contributed by atoms with Gasteiger partial charge in [0, 0.05) is 22.1 Å². The van der Waals surface area contributed by atoms with Crippen LogP contribution in [-0.4, -0.2) is 23.5 Å². The molecule has 1 aliphatic heterocycles. The van der Waals surface area contributed by atoms with Crippen LogP contribution in [0.1, 0.15) is 31.6 Å². The van der Waals surface area contributed by atoms with Gasteiger partial charge in [-0.1, -0.05) is 31.7 Å². The summed E-state index contributed by atoms with van der Waals surface area (Å²) in [5.74, 6) is 0.948. The highest BCUT2D eigenvalue weighted by molar-refractivity contribution is 8.14. The highest BCUT2D eigenvalue weighted by Crippen LogP contribution is 2.41. The van der Waals surface area contributed by atoms with Crippen LogP contribution in [0.4, 0.5) is 0 Å². The molecule has 2 heterocycles. The third-order valence-electron chi connectivity index (χ3n) is 3.70. The van der Waals surface area contributed by atoms with Crippen molar-refractivity contribution in [1.82, 2.24) is 5.32 Å². The summed E-state index contributed by atoms with van der Waals surface area (Å²) >= 11 is 3.80. The van der Waals surface area contributed by atoms with E-state index in [0.717, 1.165) is 29.4 Å². The van der Waals surface area contributed by atoms with Crippen LogP contribution in [-0.2, 0) is 5.41 Å². The van der Waals surface area contributed by atoms with Crippen LogP contribution < -0.4 is 5.32 Å². The summed E-state index contributed by atoms with van der Waals surface area (Å²) < 4.78 is 0. The molecule has 2 nitrogen and oxygen atoms in total. The van der Waals surface area contributed by atoms with Gasteiger partial charge in [0.2, 0.25) is 0 Å². The molecule has 0 radical (unpaired) electrons. The molecule has 98 valence electrons. The van der Waals surface area contributed by atoms with E-state index >= 15 is 0 Å². The quantitative estimate of drug-likeness (QED) is 0.913. The number of amidine groups is 1. The van der Waals surface area contributed by atoms with Gasteiger partial charge >= 0.3 is 0 Å². The van der Waals surface area contributed by atoms with Crippen molar-refractivity contribution in [2.75, 3.05) is 13.1 Å². The largest absolute Gasteiger partial charge is 0.364 e. The molecule has 1 unspecified atom stereocenters. The first-order valence-corrected chi connectivity index (χ1v) is 8.40. The SMILES string of the molecule is CC(C)(CNC1=NCC(C2CC2)S1)c1cccs1. The first-order chi connectivity index (χ1) is 8.65. The Labute approximate surface area is 117 Å². The second-order valence-corrected chi connectivity index (χ2v) is 8.03. The predicted octanol–water partition coefficient (Wildman–Crippen LogP) is 3.50. The van der Waals surface area contributed by atoms with E-state index in [1.165, 1.54) is 17.7 Å². The van der Waals surface area contributed by atoms with E-state index in [-0.39, 0.29) is 5.41 Å². The van der Waals surface area contributed by atoms with E-state index in [0.29, 0.717) is 0 Å². The van der Waals surface area contributed by atoms with Gasteiger partial charge in [-0.05, 0) is 30.2 Å². The third kappa shape index (κ3) is 2.75. The van der Waals surface area contributed by atoms with Crippen LogP contribution >= 0.6 is 23.1 Å². The van der Waals surface area contributed by atoms with E-state index in [4.69, 9.17) is 0 Å². The van der Waals surface area contributed by atoms with Crippen LogP contribution in [0.5, 0.6) is 0 Å². The molecule has 1 fully saturated rings. The molecule has 0 spiro atoms. The maximum atomic E-state index is 4.63. The lowest BCUT2D eigenvalue weighted by Gasteiger charge is -2.24. The van der Waals surface area contributed by atoms with Crippen molar-refractivity contribution in [2.45, 2.75) is 37.4 Å². The molecule has 3 rings (SSSR count). The highest BCUT2D eigenvalue weighted by Gasteiger charge is 2.35. The lowest BCUT2D eigenvalue weighted by atomic mass is 9.92. The summed E-state index contributed by atoms with van der Waals surface area (Å²) in [6, 6.07) is 4.36. The van der Waals surface area contributed by atoms with Gasteiger partial charge in [-0.3, -0.25) is 4.99 Å². The number of hydrogen-bond acceptors (Lipinski definition) is 4. The Morgan fingerprint density at radius 1 is 1.44 bits per heavy atom. The van der Waals surface area contributed by atoms with Crippen LogP contribution in [0.2, 0.25) is 0 Å². The molecule has 1 atom stereocenters. The zero-order valence-corrected chi connectivity index (χ0v) is 12.6. The van der Waals surface area contributed by atoms with Crippen molar-refractivity contribution in [2.24, 2.45) is 10.9 Å². The fraction of sp³-hybridized carbons (Fsp3) is 0.643. The van der Waals surface area contributed by atoms with Crippen LogP contribution in [0.25, 0.3) is 0 Å². The molecule has 18 heavy (non-hydrogen) atoms. The summed E-state index contributed by atoms with van der Waals surface area (Å²) in [6.45, 7) is 6.59. The van der Waals surface area contributed by atoms with Crippen LogP contribution in [0.3, 0.4) is 0 Å². The summed E-state index contributed by atoms with van der Waals surface area (Å²) in [5.41, 5.74) is 0.189. The zero-order valence-electron chi connectivity index (χ0n) is 11.0. The minimum Gasteiger partial charge on any atom is -0.364 e. The summed E-state index contributed by atoms with van der Waals surface area (Å²) in [6.07, 6.45) is 2.84. The lowest BCUT2D eigenvalue weighted by Crippen LogP contribution is -2.34. The number of hydrogen-bond donors (Lipinski definition) is 1. The Kier molecular flexibility index (Phi) is 3.41. The molecule has 0 amide bonds. The summed E-state index contributed by atoms with van der Waals surface area (Å²) in [7, 11) is 0. The molecule has 1 aliphatic carbocycles. The van der Waals surface area contributed by atoms with E-state index in [1.54, 1.807) is 0 Å². The molecule has 2 aliphatic rings. The summed E-state index contributed by atoms with van der Waals surface area (Å²) in [4.78, 5) is 6.08. The smallest absolute Gasteiger partial charge is 0.156 e. The van der Waals surface area contributed by atoms with E-state index in [2.05, 4.69) is 41.7 Å². The van der Waals surface area contributed by atoms with E-state index in [1.807, 2.05) is 23.1 Å². The fourth-order valence-corrected chi connectivity index (χ4v) is 4.31.